The Morgan fingerprint density at radius 2 is 2.42 bits per heavy atom. The van der Waals surface area contributed by atoms with Crippen LogP contribution in [-0.4, -0.2) is 9.94 Å². The lowest BCUT2D eigenvalue weighted by molar-refractivity contribution is 0.174. The molecule has 0 bridgehead atoms. The van der Waals surface area contributed by atoms with Crippen LogP contribution >= 0.6 is 0 Å². The molecule has 0 saturated carbocycles. The van der Waals surface area contributed by atoms with Gasteiger partial charge in [0.1, 0.15) is 0 Å². The van der Waals surface area contributed by atoms with Gasteiger partial charge in [0, 0.05) is 18.2 Å². The molecule has 0 aliphatic rings. The minimum Gasteiger partial charge on any atom is -0.425 e. The molecule has 1 aromatic rings. The van der Waals surface area contributed by atoms with Gasteiger partial charge in [-0.3, -0.25) is 4.79 Å². The van der Waals surface area contributed by atoms with Crippen molar-refractivity contribution >= 4 is 0 Å². The van der Waals surface area contributed by atoms with Crippen LogP contribution in [0.4, 0.5) is 0 Å². The quantitative estimate of drug-likeness (QED) is 0.649. The summed E-state index contributed by atoms with van der Waals surface area (Å²) in [5.74, 6) is 0. The normalized spacial score (nSPS) is 9.25. The molecule has 0 saturated heterocycles. The van der Waals surface area contributed by atoms with E-state index in [1.165, 1.54) is 6.20 Å². The summed E-state index contributed by atoms with van der Waals surface area (Å²) in [5.41, 5.74) is 0.00861. The van der Waals surface area contributed by atoms with Crippen molar-refractivity contribution in [2.45, 2.75) is 12.8 Å². The molecule has 0 radical (unpaired) electrons. The Morgan fingerprint density at radius 3 is 3.08 bits per heavy atom. The summed E-state index contributed by atoms with van der Waals surface area (Å²) < 4.78 is 0.521. The second kappa shape index (κ2) is 3.58. The Labute approximate surface area is 69.3 Å². The molecule has 0 amide bonds. The van der Waals surface area contributed by atoms with E-state index >= 15 is 0 Å². The van der Waals surface area contributed by atoms with Gasteiger partial charge < -0.3 is 5.21 Å². The van der Waals surface area contributed by atoms with Gasteiger partial charge in [0.05, 0.1) is 6.07 Å². The van der Waals surface area contributed by atoms with Crippen molar-refractivity contribution < 1.29 is 5.21 Å². The molecular weight excluding hydrogens is 156 g/mol. The van der Waals surface area contributed by atoms with Crippen LogP contribution in [0.5, 0.6) is 0 Å². The van der Waals surface area contributed by atoms with E-state index < -0.39 is 5.56 Å². The molecule has 0 aliphatic carbocycles. The predicted molar refractivity (Wildman–Crippen MR) is 41.8 cm³/mol. The van der Waals surface area contributed by atoms with Crippen LogP contribution in [0, 0.1) is 11.3 Å². The fraction of sp³-hybridized carbons (Fsp3) is 0.250. The molecule has 4 heteroatoms. The number of pyridine rings is 1. The van der Waals surface area contributed by atoms with Gasteiger partial charge in [-0.15, -0.1) is 0 Å². The van der Waals surface area contributed by atoms with E-state index in [0.29, 0.717) is 23.1 Å². The van der Waals surface area contributed by atoms with Crippen LogP contribution in [0.1, 0.15) is 12.0 Å². The minimum atomic E-state index is -0.451. The number of rotatable bonds is 2. The van der Waals surface area contributed by atoms with Gasteiger partial charge in [-0.05, 0) is 12.5 Å². The highest BCUT2D eigenvalue weighted by molar-refractivity contribution is 5.10. The maximum atomic E-state index is 11.1. The fourth-order valence-electron chi connectivity index (χ4n) is 0.908. The molecule has 0 aromatic carbocycles. The van der Waals surface area contributed by atoms with Crippen molar-refractivity contribution in [3.05, 3.63) is 34.2 Å². The number of nitrogens with zero attached hydrogens (tertiary/aromatic N) is 2. The molecule has 0 atom stereocenters. The SMILES string of the molecule is N#CCCc1cccn(O)c1=O. The zero-order valence-electron chi connectivity index (χ0n) is 6.40. The third kappa shape index (κ3) is 1.64. The van der Waals surface area contributed by atoms with Crippen LogP contribution < -0.4 is 5.56 Å². The van der Waals surface area contributed by atoms with E-state index in [2.05, 4.69) is 0 Å². The Kier molecular flexibility index (Phi) is 2.49. The van der Waals surface area contributed by atoms with Crippen molar-refractivity contribution in [1.29, 1.82) is 5.26 Å². The van der Waals surface area contributed by atoms with Crippen LogP contribution in [-0.2, 0) is 6.42 Å². The summed E-state index contributed by atoms with van der Waals surface area (Å²) in [7, 11) is 0. The van der Waals surface area contributed by atoms with Crippen LogP contribution in [0.25, 0.3) is 0 Å². The highest BCUT2D eigenvalue weighted by Gasteiger charge is 2.00. The second-order valence-electron chi connectivity index (χ2n) is 2.34. The van der Waals surface area contributed by atoms with E-state index in [4.69, 9.17) is 10.5 Å². The van der Waals surface area contributed by atoms with Gasteiger partial charge in [-0.1, -0.05) is 6.07 Å². The first kappa shape index (κ1) is 8.34. The largest absolute Gasteiger partial charge is 0.425 e. The zero-order valence-corrected chi connectivity index (χ0v) is 6.40. The van der Waals surface area contributed by atoms with Crippen molar-refractivity contribution in [2.24, 2.45) is 0 Å². The van der Waals surface area contributed by atoms with E-state index in [1.807, 2.05) is 6.07 Å². The van der Waals surface area contributed by atoms with Crippen molar-refractivity contribution in [2.75, 3.05) is 0 Å². The third-order valence-electron chi connectivity index (χ3n) is 1.51. The van der Waals surface area contributed by atoms with Crippen LogP contribution in [0.3, 0.4) is 0 Å². The van der Waals surface area contributed by atoms with E-state index in [1.54, 1.807) is 12.1 Å². The molecule has 62 valence electrons. The molecule has 1 heterocycles. The summed E-state index contributed by atoms with van der Waals surface area (Å²) in [6, 6.07) is 5.10. The smallest absolute Gasteiger partial charge is 0.286 e. The molecule has 0 unspecified atom stereocenters. The molecular formula is C8H8N2O2. The summed E-state index contributed by atoms with van der Waals surface area (Å²) >= 11 is 0. The average Bonchev–Trinajstić information content (AvgIpc) is 2.08. The number of nitriles is 1. The Balaban J connectivity index is 2.95. The summed E-state index contributed by atoms with van der Waals surface area (Å²) in [5, 5.41) is 17.2. The van der Waals surface area contributed by atoms with Crippen molar-refractivity contribution in [3.8, 4) is 6.07 Å². The molecule has 1 N–H and O–H groups in total. The maximum absolute atomic E-state index is 11.1. The zero-order chi connectivity index (χ0) is 8.97. The molecule has 1 rings (SSSR count). The van der Waals surface area contributed by atoms with E-state index in [-0.39, 0.29) is 0 Å². The van der Waals surface area contributed by atoms with Crippen molar-refractivity contribution in [1.82, 2.24) is 4.73 Å². The summed E-state index contributed by atoms with van der Waals surface area (Å²) in [6.45, 7) is 0. The van der Waals surface area contributed by atoms with Gasteiger partial charge >= 0.3 is 0 Å². The van der Waals surface area contributed by atoms with Crippen LogP contribution in [0.15, 0.2) is 23.1 Å². The van der Waals surface area contributed by atoms with Crippen LogP contribution in [0.2, 0.25) is 0 Å². The van der Waals surface area contributed by atoms with Gasteiger partial charge in [-0.25, -0.2) is 0 Å². The molecule has 0 aliphatic heterocycles. The van der Waals surface area contributed by atoms with Gasteiger partial charge in [0.2, 0.25) is 0 Å². The van der Waals surface area contributed by atoms with E-state index in [9.17, 15) is 4.79 Å². The first-order valence-corrected chi connectivity index (χ1v) is 3.52. The lowest BCUT2D eigenvalue weighted by atomic mass is 10.2. The average molecular weight is 164 g/mol. The van der Waals surface area contributed by atoms with Crippen molar-refractivity contribution in [3.63, 3.8) is 0 Å². The number of hydrogen-bond acceptors (Lipinski definition) is 3. The minimum absolute atomic E-state index is 0.291. The van der Waals surface area contributed by atoms with E-state index in [0.717, 1.165) is 0 Å². The Morgan fingerprint density at radius 1 is 1.67 bits per heavy atom. The second-order valence-corrected chi connectivity index (χ2v) is 2.34. The predicted octanol–water partition coefficient (Wildman–Crippen LogP) is 0.542. The Hall–Kier alpha value is -1.76. The first-order chi connectivity index (χ1) is 5.75. The lowest BCUT2D eigenvalue weighted by Gasteiger charge is -1.97. The standard InChI is InChI=1S/C8H8N2O2/c9-5-1-3-7-4-2-6-10(12)8(7)11/h2,4,6,12H,1,3H2. The number of hydrogen-bond donors (Lipinski definition) is 1. The third-order valence-corrected chi connectivity index (χ3v) is 1.51. The molecule has 0 fully saturated rings. The monoisotopic (exact) mass is 164 g/mol. The van der Waals surface area contributed by atoms with Gasteiger partial charge in [0.25, 0.3) is 5.56 Å². The van der Waals surface area contributed by atoms with Gasteiger partial charge in [-0.2, -0.15) is 9.99 Å². The summed E-state index contributed by atoms with van der Waals surface area (Å²) in [6.07, 6.45) is 1.94. The lowest BCUT2D eigenvalue weighted by Crippen LogP contribution is -2.20. The number of aryl methyl sites for hydroxylation is 1. The Bertz CT molecular complexity index is 362. The highest BCUT2D eigenvalue weighted by atomic mass is 16.5. The summed E-state index contributed by atoms with van der Waals surface area (Å²) in [4.78, 5) is 11.1. The first-order valence-electron chi connectivity index (χ1n) is 3.52. The van der Waals surface area contributed by atoms with Gasteiger partial charge in [0.15, 0.2) is 0 Å². The fourth-order valence-corrected chi connectivity index (χ4v) is 0.908. The molecule has 1 aromatic heterocycles. The molecule has 12 heavy (non-hydrogen) atoms. The number of aromatic nitrogens is 1. The topological polar surface area (TPSA) is 66.0 Å². The highest BCUT2D eigenvalue weighted by Crippen LogP contribution is 1.94. The molecule has 4 nitrogen and oxygen atoms in total. The maximum Gasteiger partial charge on any atom is 0.286 e. The molecule has 0 spiro atoms.